The van der Waals surface area contributed by atoms with Gasteiger partial charge in [-0.3, -0.25) is 14.5 Å². The maximum atomic E-state index is 12.4. The quantitative estimate of drug-likeness (QED) is 0.746. The van der Waals surface area contributed by atoms with Crippen LogP contribution < -0.4 is 5.73 Å². The summed E-state index contributed by atoms with van der Waals surface area (Å²) in [4.78, 5) is 30.5. The highest BCUT2D eigenvalue weighted by Crippen LogP contribution is 2.19. The SMILES string of the molecule is CC(C)(C)[C@H](N)C(=O)N1CCN(C(=O)CN2CCOCC2)CC1. The number of carbonyl (C=O) groups excluding carboxylic acids is 2. The smallest absolute Gasteiger partial charge is 0.240 e. The van der Waals surface area contributed by atoms with Gasteiger partial charge >= 0.3 is 0 Å². The first kappa shape index (κ1) is 18.2. The van der Waals surface area contributed by atoms with Gasteiger partial charge in [-0.2, -0.15) is 0 Å². The lowest BCUT2D eigenvalue weighted by Gasteiger charge is -2.39. The fourth-order valence-electron chi connectivity index (χ4n) is 2.79. The van der Waals surface area contributed by atoms with E-state index in [1.54, 1.807) is 4.90 Å². The molecule has 0 bridgehead atoms. The molecule has 2 heterocycles. The maximum Gasteiger partial charge on any atom is 0.240 e. The minimum Gasteiger partial charge on any atom is -0.379 e. The van der Waals surface area contributed by atoms with E-state index in [-0.39, 0.29) is 17.2 Å². The van der Waals surface area contributed by atoms with Crippen LogP contribution in [-0.2, 0) is 14.3 Å². The summed E-state index contributed by atoms with van der Waals surface area (Å²) >= 11 is 0. The van der Waals surface area contributed by atoms with Gasteiger partial charge in [-0.25, -0.2) is 0 Å². The van der Waals surface area contributed by atoms with E-state index >= 15 is 0 Å². The molecule has 2 N–H and O–H groups in total. The number of hydrogen-bond donors (Lipinski definition) is 1. The van der Waals surface area contributed by atoms with Crippen molar-refractivity contribution in [3.05, 3.63) is 0 Å². The number of hydrogen-bond acceptors (Lipinski definition) is 5. The average molecular weight is 326 g/mol. The first-order valence-electron chi connectivity index (χ1n) is 8.41. The molecular weight excluding hydrogens is 296 g/mol. The molecule has 0 aliphatic carbocycles. The number of ether oxygens (including phenoxy) is 1. The molecule has 0 radical (unpaired) electrons. The van der Waals surface area contributed by atoms with Gasteiger partial charge < -0.3 is 20.3 Å². The van der Waals surface area contributed by atoms with Gasteiger partial charge in [0.15, 0.2) is 0 Å². The van der Waals surface area contributed by atoms with Crippen molar-refractivity contribution in [2.75, 3.05) is 59.0 Å². The molecule has 2 saturated heterocycles. The van der Waals surface area contributed by atoms with Gasteiger partial charge in [-0.15, -0.1) is 0 Å². The normalized spacial score (nSPS) is 22.1. The molecule has 2 fully saturated rings. The maximum absolute atomic E-state index is 12.4. The summed E-state index contributed by atoms with van der Waals surface area (Å²) < 4.78 is 5.29. The van der Waals surface area contributed by atoms with E-state index < -0.39 is 6.04 Å². The van der Waals surface area contributed by atoms with E-state index in [1.807, 2.05) is 25.7 Å². The summed E-state index contributed by atoms with van der Waals surface area (Å²) in [7, 11) is 0. The number of carbonyl (C=O) groups is 2. The molecule has 2 amide bonds. The molecule has 7 nitrogen and oxygen atoms in total. The average Bonchev–Trinajstić information content (AvgIpc) is 2.53. The van der Waals surface area contributed by atoms with Gasteiger partial charge in [0.05, 0.1) is 25.8 Å². The van der Waals surface area contributed by atoms with E-state index in [1.165, 1.54) is 0 Å². The largest absolute Gasteiger partial charge is 0.379 e. The van der Waals surface area contributed by atoms with Crippen molar-refractivity contribution < 1.29 is 14.3 Å². The van der Waals surface area contributed by atoms with Crippen molar-refractivity contribution in [3.8, 4) is 0 Å². The van der Waals surface area contributed by atoms with Gasteiger partial charge in [0.2, 0.25) is 11.8 Å². The predicted molar refractivity (Wildman–Crippen MR) is 87.8 cm³/mol. The summed E-state index contributed by atoms with van der Waals surface area (Å²) in [6.07, 6.45) is 0. The van der Waals surface area contributed by atoms with Gasteiger partial charge in [-0.05, 0) is 5.41 Å². The second kappa shape index (κ2) is 7.59. The Labute approximate surface area is 138 Å². The number of piperazine rings is 1. The van der Waals surface area contributed by atoms with Gasteiger partial charge in [0.1, 0.15) is 0 Å². The van der Waals surface area contributed by atoms with E-state index in [4.69, 9.17) is 10.5 Å². The monoisotopic (exact) mass is 326 g/mol. The number of nitrogens with two attached hydrogens (primary N) is 1. The Morgan fingerprint density at radius 3 is 2.04 bits per heavy atom. The number of rotatable bonds is 3. The Hall–Kier alpha value is -1.18. The van der Waals surface area contributed by atoms with E-state index in [9.17, 15) is 9.59 Å². The Morgan fingerprint density at radius 1 is 1.00 bits per heavy atom. The highest BCUT2D eigenvalue weighted by Gasteiger charge is 2.33. The van der Waals surface area contributed by atoms with Crippen molar-refractivity contribution >= 4 is 11.8 Å². The Bertz CT molecular complexity index is 422. The van der Waals surface area contributed by atoms with E-state index in [2.05, 4.69) is 4.90 Å². The highest BCUT2D eigenvalue weighted by molar-refractivity contribution is 5.83. The highest BCUT2D eigenvalue weighted by atomic mass is 16.5. The molecular formula is C16H30N4O3. The molecule has 2 aliphatic heterocycles. The van der Waals surface area contributed by atoms with Gasteiger partial charge in [-0.1, -0.05) is 20.8 Å². The first-order valence-corrected chi connectivity index (χ1v) is 8.41. The van der Waals surface area contributed by atoms with Gasteiger partial charge in [0.25, 0.3) is 0 Å². The summed E-state index contributed by atoms with van der Waals surface area (Å²) in [6, 6.07) is -0.502. The van der Waals surface area contributed by atoms with Crippen molar-refractivity contribution in [2.45, 2.75) is 26.8 Å². The van der Waals surface area contributed by atoms with Crippen LogP contribution in [-0.4, -0.2) is 91.6 Å². The summed E-state index contributed by atoms with van der Waals surface area (Å²) in [5, 5.41) is 0. The third-order valence-corrected chi connectivity index (χ3v) is 4.61. The lowest BCUT2D eigenvalue weighted by molar-refractivity contribution is -0.142. The Morgan fingerprint density at radius 2 is 1.52 bits per heavy atom. The Kier molecular flexibility index (Phi) is 6.00. The lowest BCUT2D eigenvalue weighted by atomic mass is 9.86. The molecule has 0 spiro atoms. The van der Waals surface area contributed by atoms with Crippen LogP contribution in [0, 0.1) is 5.41 Å². The van der Waals surface area contributed by atoms with Crippen LogP contribution in [0.3, 0.4) is 0 Å². The van der Waals surface area contributed by atoms with Gasteiger partial charge in [0, 0.05) is 39.3 Å². The molecule has 7 heteroatoms. The molecule has 1 atom stereocenters. The van der Waals surface area contributed by atoms with Crippen molar-refractivity contribution in [1.29, 1.82) is 0 Å². The molecule has 2 rings (SSSR count). The molecule has 0 aromatic heterocycles. The standard InChI is InChI=1S/C16H30N4O3/c1-16(2,3)14(17)15(22)20-6-4-19(5-7-20)13(21)12-18-8-10-23-11-9-18/h14H,4-12,17H2,1-3H3/t14-/m1/s1. The molecule has 23 heavy (non-hydrogen) atoms. The van der Waals surface area contributed by atoms with Crippen molar-refractivity contribution in [3.63, 3.8) is 0 Å². The fraction of sp³-hybridized carbons (Fsp3) is 0.875. The zero-order chi connectivity index (χ0) is 17.0. The summed E-state index contributed by atoms with van der Waals surface area (Å²) in [5.74, 6) is 0.122. The fourth-order valence-corrected chi connectivity index (χ4v) is 2.79. The van der Waals surface area contributed by atoms with Crippen LogP contribution in [0.25, 0.3) is 0 Å². The summed E-state index contributed by atoms with van der Waals surface area (Å²) in [6.45, 7) is 11.7. The second-order valence-electron chi connectivity index (χ2n) is 7.44. The van der Waals surface area contributed by atoms with Crippen LogP contribution in [0.2, 0.25) is 0 Å². The minimum atomic E-state index is -0.502. The molecule has 0 unspecified atom stereocenters. The Balaban J connectivity index is 1.79. The van der Waals surface area contributed by atoms with Crippen molar-refractivity contribution in [2.24, 2.45) is 11.1 Å². The number of morpholine rings is 1. The van der Waals surface area contributed by atoms with Crippen LogP contribution in [0.5, 0.6) is 0 Å². The minimum absolute atomic E-state index is 0.0159. The topological polar surface area (TPSA) is 79.1 Å². The molecule has 2 aliphatic rings. The third kappa shape index (κ3) is 4.89. The van der Waals surface area contributed by atoms with Crippen molar-refractivity contribution in [1.82, 2.24) is 14.7 Å². The summed E-state index contributed by atoms with van der Waals surface area (Å²) in [5.41, 5.74) is 5.80. The molecule has 132 valence electrons. The first-order chi connectivity index (χ1) is 10.8. The van der Waals surface area contributed by atoms with Crippen LogP contribution >= 0.6 is 0 Å². The van der Waals surface area contributed by atoms with E-state index in [0.717, 1.165) is 13.1 Å². The van der Waals surface area contributed by atoms with Crippen LogP contribution in [0.1, 0.15) is 20.8 Å². The second-order valence-corrected chi connectivity index (χ2v) is 7.44. The zero-order valence-electron chi connectivity index (χ0n) is 14.6. The number of nitrogens with zero attached hydrogens (tertiary/aromatic N) is 3. The van der Waals surface area contributed by atoms with E-state index in [0.29, 0.717) is 45.9 Å². The zero-order valence-corrected chi connectivity index (χ0v) is 14.6. The van der Waals surface area contributed by atoms with Crippen LogP contribution in [0.4, 0.5) is 0 Å². The van der Waals surface area contributed by atoms with Crippen LogP contribution in [0.15, 0.2) is 0 Å². The predicted octanol–water partition coefficient (Wildman–Crippen LogP) is -0.637. The molecule has 0 aromatic carbocycles. The molecule has 0 saturated carbocycles. The molecule has 0 aromatic rings. The third-order valence-electron chi connectivity index (χ3n) is 4.61. The lowest BCUT2D eigenvalue weighted by Crippen LogP contribution is -2.58. The number of amides is 2.